The summed E-state index contributed by atoms with van der Waals surface area (Å²) < 4.78 is 1.14. The first-order valence-electron chi connectivity index (χ1n) is 4.70. The molecule has 1 aromatic carbocycles. The maximum atomic E-state index is 5.97. The highest BCUT2D eigenvalue weighted by atomic mass is 79.9. The summed E-state index contributed by atoms with van der Waals surface area (Å²) in [5.41, 5.74) is 7.66. The Labute approximate surface area is 87.5 Å². The Morgan fingerprint density at radius 1 is 1.46 bits per heavy atom. The second kappa shape index (κ2) is 3.10. The third-order valence-corrected chi connectivity index (χ3v) is 3.71. The molecule has 0 amide bonds. The highest BCUT2D eigenvalue weighted by molar-refractivity contribution is 9.10. The van der Waals surface area contributed by atoms with E-state index < -0.39 is 0 Å². The van der Waals surface area contributed by atoms with Gasteiger partial charge in [0.1, 0.15) is 0 Å². The minimum atomic E-state index is 0.292. The number of rotatable bonds is 2. The van der Waals surface area contributed by atoms with E-state index in [1.807, 2.05) is 0 Å². The number of halogens is 1. The van der Waals surface area contributed by atoms with Gasteiger partial charge in [-0.15, -0.1) is 0 Å². The van der Waals surface area contributed by atoms with Crippen LogP contribution >= 0.6 is 15.9 Å². The van der Waals surface area contributed by atoms with Crippen molar-refractivity contribution in [1.82, 2.24) is 0 Å². The first-order chi connectivity index (χ1) is 6.19. The molecule has 0 aromatic heterocycles. The molecule has 1 fully saturated rings. The van der Waals surface area contributed by atoms with Crippen LogP contribution in [0.3, 0.4) is 0 Å². The second-order valence-corrected chi connectivity index (χ2v) is 4.74. The molecule has 1 nitrogen and oxygen atoms in total. The molecule has 0 saturated heterocycles. The topological polar surface area (TPSA) is 26.0 Å². The van der Waals surface area contributed by atoms with Gasteiger partial charge in [0.15, 0.2) is 0 Å². The van der Waals surface area contributed by atoms with Crippen molar-refractivity contribution in [3.8, 4) is 0 Å². The summed E-state index contributed by atoms with van der Waals surface area (Å²) in [6.07, 6.45) is 2.29. The first kappa shape index (κ1) is 9.22. The van der Waals surface area contributed by atoms with Gasteiger partial charge in [-0.3, -0.25) is 0 Å². The fourth-order valence-electron chi connectivity index (χ4n) is 2.06. The monoisotopic (exact) mass is 239 g/mol. The van der Waals surface area contributed by atoms with Crippen molar-refractivity contribution >= 4 is 15.9 Å². The van der Waals surface area contributed by atoms with Gasteiger partial charge in [0.2, 0.25) is 0 Å². The van der Waals surface area contributed by atoms with Crippen molar-refractivity contribution in [2.45, 2.75) is 31.2 Å². The number of nitrogens with two attached hydrogens (primary N) is 1. The van der Waals surface area contributed by atoms with Crippen LogP contribution < -0.4 is 5.73 Å². The molecule has 1 saturated carbocycles. The lowest BCUT2D eigenvalue weighted by Crippen LogP contribution is -2.17. The molecule has 1 aliphatic carbocycles. The zero-order valence-corrected chi connectivity index (χ0v) is 9.34. The van der Waals surface area contributed by atoms with E-state index in [-0.39, 0.29) is 0 Å². The molecule has 0 radical (unpaired) electrons. The van der Waals surface area contributed by atoms with Crippen LogP contribution in [0.1, 0.15) is 25.3 Å². The summed E-state index contributed by atoms with van der Waals surface area (Å²) in [5, 5.41) is 0. The van der Waals surface area contributed by atoms with Gasteiger partial charge < -0.3 is 5.73 Å². The van der Waals surface area contributed by atoms with E-state index in [9.17, 15) is 0 Å². The third kappa shape index (κ3) is 1.42. The molecule has 0 spiro atoms. The average molecular weight is 240 g/mol. The molecule has 13 heavy (non-hydrogen) atoms. The molecule has 0 aliphatic heterocycles. The van der Waals surface area contributed by atoms with Crippen molar-refractivity contribution in [1.29, 1.82) is 0 Å². The van der Waals surface area contributed by atoms with Crippen LogP contribution in [0, 0.1) is 0 Å². The summed E-state index contributed by atoms with van der Waals surface area (Å²) in [4.78, 5) is 0. The highest BCUT2D eigenvalue weighted by Crippen LogP contribution is 2.49. The van der Waals surface area contributed by atoms with Gasteiger partial charge in [0.05, 0.1) is 0 Å². The molecule has 0 unspecified atom stereocenters. The van der Waals surface area contributed by atoms with Crippen LogP contribution in [-0.4, -0.2) is 6.04 Å². The van der Waals surface area contributed by atoms with E-state index in [0.717, 1.165) is 17.3 Å². The Kier molecular flexibility index (Phi) is 2.20. The standard InChI is InChI=1S/C11H14BrN/c1-2-11(7-10(11)13)8-3-5-9(12)6-4-8/h3-6,10H,2,7,13H2,1H3/t10-,11+/m1/s1. The van der Waals surface area contributed by atoms with E-state index in [1.165, 1.54) is 5.56 Å². The summed E-state index contributed by atoms with van der Waals surface area (Å²) >= 11 is 3.44. The number of benzene rings is 1. The minimum Gasteiger partial charge on any atom is -0.327 e. The normalized spacial score (nSPS) is 31.8. The van der Waals surface area contributed by atoms with Crippen molar-refractivity contribution in [3.05, 3.63) is 34.3 Å². The van der Waals surface area contributed by atoms with E-state index in [4.69, 9.17) is 5.73 Å². The lowest BCUT2D eigenvalue weighted by molar-refractivity contribution is 0.634. The van der Waals surface area contributed by atoms with Gasteiger partial charge in [-0.05, 0) is 30.5 Å². The summed E-state index contributed by atoms with van der Waals surface area (Å²) in [6, 6.07) is 8.93. The molecule has 2 heteroatoms. The maximum Gasteiger partial charge on any atom is 0.0175 e. The average Bonchev–Trinajstić information content (AvgIpc) is 2.79. The predicted octanol–water partition coefficient (Wildman–Crippen LogP) is 2.83. The summed E-state index contributed by atoms with van der Waals surface area (Å²) in [6.45, 7) is 2.22. The molecule has 70 valence electrons. The second-order valence-electron chi connectivity index (χ2n) is 3.83. The van der Waals surface area contributed by atoms with E-state index in [1.54, 1.807) is 0 Å². The third-order valence-electron chi connectivity index (χ3n) is 3.18. The van der Waals surface area contributed by atoms with E-state index >= 15 is 0 Å². The lowest BCUT2D eigenvalue weighted by atomic mass is 9.92. The van der Waals surface area contributed by atoms with Crippen LogP contribution in [0.2, 0.25) is 0 Å². The van der Waals surface area contributed by atoms with Crippen molar-refractivity contribution in [3.63, 3.8) is 0 Å². The number of hydrogen-bond donors (Lipinski definition) is 1. The Balaban J connectivity index is 2.31. The zero-order valence-electron chi connectivity index (χ0n) is 7.76. The molecule has 2 atom stereocenters. The Morgan fingerprint density at radius 2 is 2.00 bits per heavy atom. The summed E-state index contributed by atoms with van der Waals surface area (Å²) in [7, 11) is 0. The molecule has 1 aromatic rings. The van der Waals surface area contributed by atoms with Gasteiger partial charge in [-0.2, -0.15) is 0 Å². The van der Waals surface area contributed by atoms with Crippen LogP contribution in [0.5, 0.6) is 0 Å². The van der Waals surface area contributed by atoms with Crippen LogP contribution in [0.4, 0.5) is 0 Å². The smallest absolute Gasteiger partial charge is 0.0175 e. The van der Waals surface area contributed by atoms with E-state index in [0.29, 0.717) is 11.5 Å². The minimum absolute atomic E-state index is 0.292. The van der Waals surface area contributed by atoms with Crippen LogP contribution in [0.25, 0.3) is 0 Å². The molecule has 0 bridgehead atoms. The molecule has 2 rings (SSSR count). The SMILES string of the molecule is CC[C@@]1(c2ccc(Br)cc2)C[C@H]1N. The summed E-state index contributed by atoms with van der Waals surface area (Å²) in [5.74, 6) is 0. The quantitative estimate of drug-likeness (QED) is 0.845. The predicted molar refractivity (Wildman–Crippen MR) is 58.7 cm³/mol. The molecule has 0 heterocycles. The first-order valence-corrected chi connectivity index (χ1v) is 5.50. The van der Waals surface area contributed by atoms with E-state index in [2.05, 4.69) is 47.1 Å². The number of hydrogen-bond acceptors (Lipinski definition) is 1. The zero-order chi connectivity index (χ0) is 9.47. The molecular weight excluding hydrogens is 226 g/mol. The molecule has 1 aliphatic rings. The van der Waals surface area contributed by atoms with Crippen LogP contribution in [0.15, 0.2) is 28.7 Å². The van der Waals surface area contributed by atoms with Gasteiger partial charge in [-0.25, -0.2) is 0 Å². The van der Waals surface area contributed by atoms with Crippen LogP contribution in [-0.2, 0) is 5.41 Å². The lowest BCUT2D eigenvalue weighted by Gasteiger charge is -2.13. The van der Waals surface area contributed by atoms with Gasteiger partial charge in [0, 0.05) is 15.9 Å². The Morgan fingerprint density at radius 3 is 2.38 bits per heavy atom. The largest absolute Gasteiger partial charge is 0.327 e. The Bertz CT molecular complexity index is 302. The Hall–Kier alpha value is -0.340. The van der Waals surface area contributed by atoms with Gasteiger partial charge >= 0.3 is 0 Å². The molecule has 2 N–H and O–H groups in total. The maximum absolute atomic E-state index is 5.97. The van der Waals surface area contributed by atoms with Crippen molar-refractivity contribution in [2.24, 2.45) is 5.73 Å². The van der Waals surface area contributed by atoms with Crippen molar-refractivity contribution in [2.75, 3.05) is 0 Å². The fourth-order valence-corrected chi connectivity index (χ4v) is 2.32. The molecular formula is C11H14BrN. The van der Waals surface area contributed by atoms with Crippen molar-refractivity contribution < 1.29 is 0 Å². The van der Waals surface area contributed by atoms with Gasteiger partial charge in [0.25, 0.3) is 0 Å². The highest BCUT2D eigenvalue weighted by Gasteiger charge is 2.51. The fraction of sp³-hybridized carbons (Fsp3) is 0.455. The van der Waals surface area contributed by atoms with Gasteiger partial charge in [-0.1, -0.05) is 35.0 Å².